The number of aromatic nitrogens is 1. The van der Waals surface area contributed by atoms with E-state index in [4.69, 9.17) is 4.65 Å². The second-order valence-electron chi connectivity index (χ2n) is 6.73. The van der Waals surface area contributed by atoms with Gasteiger partial charge in [-0.25, -0.2) is 0 Å². The fourth-order valence-corrected chi connectivity index (χ4v) is 2.26. The highest BCUT2D eigenvalue weighted by molar-refractivity contribution is 6.60. The molecule has 2 heterocycles. The van der Waals surface area contributed by atoms with E-state index in [0.717, 1.165) is 25.3 Å². The van der Waals surface area contributed by atoms with Gasteiger partial charge < -0.3 is 25.4 Å². The minimum absolute atomic E-state index is 0.0356. The number of hydrogen-bond acceptors (Lipinski definition) is 6. The number of nitrogens with zero attached hydrogens (tertiary/aromatic N) is 1. The van der Waals surface area contributed by atoms with Crippen LogP contribution in [-0.4, -0.2) is 53.1 Å². The minimum atomic E-state index is -1.14. The molecule has 1 aliphatic heterocycles. The summed E-state index contributed by atoms with van der Waals surface area (Å²) in [5.74, 6) is 0. The van der Waals surface area contributed by atoms with Crippen molar-refractivity contribution in [2.45, 2.75) is 44.9 Å². The molecule has 22 heavy (non-hydrogen) atoms. The predicted octanol–water partition coefficient (Wildman–Crippen LogP) is -0.431. The molecule has 1 aliphatic rings. The second kappa shape index (κ2) is 6.64. The zero-order chi connectivity index (χ0) is 16.4. The fourth-order valence-electron chi connectivity index (χ4n) is 2.26. The lowest BCUT2D eigenvalue weighted by Crippen LogP contribution is -2.54. The van der Waals surface area contributed by atoms with Gasteiger partial charge in [-0.05, 0) is 33.8 Å². The van der Waals surface area contributed by atoms with Crippen LogP contribution in [0.1, 0.15) is 39.4 Å². The van der Waals surface area contributed by atoms with E-state index in [0.29, 0.717) is 5.46 Å². The van der Waals surface area contributed by atoms with Crippen molar-refractivity contribution in [3.8, 4) is 0 Å². The first-order valence-electron chi connectivity index (χ1n) is 7.69. The van der Waals surface area contributed by atoms with Gasteiger partial charge in [0.05, 0.1) is 22.9 Å². The van der Waals surface area contributed by atoms with Gasteiger partial charge in [0, 0.05) is 31.3 Å². The van der Waals surface area contributed by atoms with Crippen molar-refractivity contribution in [3.05, 3.63) is 24.0 Å². The van der Waals surface area contributed by atoms with E-state index in [9.17, 15) is 10.1 Å². The Morgan fingerprint density at radius 1 is 1.32 bits per heavy atom. The summed E-state index contributed by atoms with van der Waals surface area (Å²) >= 11 is 0. The summed E-state index contributed by atoms with van der Waals surface area (Å²) in [5, 5.41) is 27.4. The number of piperazine rings is 1. The molecule has 122 valence electrons. The highest BCUT2D eigenvalue weighted by atomic mass is 16.5. The Morgan fingerprint density at radius 2 is 2.05 bits per heavy atom. The molecule has 7 heteroatoms. The summed E-state index contributed by atoms with van der Waals surface area (Å²) in [6.07, 6.45) is 1.71. The van der Waals surface area contributed by atoms with E-state index in [1.165, 1.54) is 0 Å². The summed E-state index contributed by atoms with van der Waals surface area (Å²) in [4.78, 5) is 4.41. The second-order valence-corrected chi connectivity index (χ2v) is 6.73. The number of rotatable bonds is 5. The van der Waals surface area contributed by atoms with E-state index in [1.807, 2.05) is 6.07 Å². The third kappa shape index (κ3) is 3.85. The van der Waals surface area contributed by atoms with Crippen molar-refractivity contribution in [2.24, 2.45) is 0 Å². The van der Waals surface area contributed by atoms with E-state index in [-0.39, 0.29) is 6.04 Å². The minimum Gasteiger partial charge on any atom is -0.423 e. The summed E-state index contributed by atoms with van der Waals surface area (Å²) < 4.78 is 5.74. The van der Waals surface area contributed by atoms with Gasteiger partial charge in [-0.3, -0.25) is 4.98 Å². The van der Waals surface area contributed by atoms with Crippen LogP contribution in [-0.2, 0) is 4.65 Å². The number of aliphatic hydroxyl groups is 1. The van der Waals surface area contributed by atoms with Crippen molar-refractivity contribution in [1.29, 1.82) is 0 Å². The van der Waals surface area contributed by atoms with Crippen LogP contribution in [0.15, 0.2) is 18.3 Å². The molecule has 1 aromatic rings. The molecular formula is C15H26BN3O3. The van der Waals surface area contributed by atoms with E-state index >= 15 is 0 Å². The molecule has 0 spiro atoms. The summed E-state index contributed by atoms with van der Waals surface area (Å²) in [5.41, 5.74) is -0.589. The molecule has 1 aromatic heterocycles. The molecule has 2 rings (SSSR count). The molecule has 4 N–H and O–H groups in total. The molecule has 1 fully saturated rings. The maximum absolute atomic E-state index is 10.5. The van der Waals surface area contributed by atoms with Gasteiger partial charge in [-0.1, -0.05) is 6.07 Å². The van der Waals surface area contributed by atoms with Crippen molar-refractivity contribution in [2.75, 3.05) is 19.6 Å². The first-order valence-corrected chi connectivity index (χ1v) is 7.69. The van der Waals surface area contributed by atoms with Crippen LogP contribution in [0.3, 0.4) is 0 Å². The molecule has 6 nitrogen and oxygen atoms in total. The Hall–Kier alpha value is -0.985. The molecule has 0 bridgehead atoms. The van der Waals surface area contributed by atoms with Crippen LogP contribution in [0.4, 0.5) is 0 Å². The lowest BCUT2D eigenvalue weighted by Gasteiger charge is -2.38. The van der Waals surface area contributed by atoms with Crippen LogP contribution in [0.5, 0.6) is 0 Å². The van der Waals surface area contributed by atoms with Crippen LogP contribution in [0, 0.1) is 0 Å². The van der Waals surface area contributed by atoms with Crippen molar-refractivity contribution >= 4 is 12.6 Å². The summed E-state index contributed by atoms with van der Waals surface area (Å²) in [7, 11) is -1.14. The lowest BCUT2D eigenvalue weighted by molar-refractivity contribution is -0.0983. The SMILES string of the molecule is CC(C)(O)C(C)(C)OB(O)c1cccnc1C1CNCCN1. The zero-order valence-electron chi connectivity index (χ0n) is 13.8. The number of hydrogen-bond donors (Lipinski definition) is 4. The van der Waals surface area contributed by atoms with Crippen LogP contribution in [0.2, 0.25) is 0 Å². The van der Waals surface area contributed by atoms with E-state index in [1.54, 1.807) is 40.0 Å². The topological polar surface area (TPSA) is 86.6 Å². The zero-order valence-corrected chi connectivity index (χ0v) is 13.8. The maximum atomic E-state index is 10.5. The van der Waals surface area contributed by atoms with Crippen LogP contribution < -0.4 is 16.1 Å². The monoisotopic (exact) mass is 307 g/mol. The molecule has 1 unspecified atom stereocenters. The summed E-state index contributed by atoms with van der Waals surface area (Å²) in [6, 6.07) is 3.62. The van der Waals surface area contributed by atoms with E-state index < -0.39 is 18.3 Å². The van der Waals surface area contributed by atoms with Crippen molar-refractivity contribution in [3.63, 3.8) is 0 Å². The Labute approximate surface area is 132 Å². The highest BCUT2D eigenvalue weighted by Crippen LogP contribution is 2.25. The fraction of sp³-hybridized carbons (Fsp3) is 0.667. The Bertz CT molecular complexity index is 499. The third-order valence-corrected chi connectivity index (χ3v) is 4.39. The van der Waals surface area contributed by atoms with E-state index in [2.05, 4.69) is 15.6 Å². The Balaban J connectivity index is 2.21. The average molecular weight is 307 g/mol. The average Bonchev–Trinajstić information content (AvgIpc) is 2.46. The molecule has 1 atom stereocenters. The van der Waals surface area contributed by atoms with Crippen LogP contribution in [0.25, 0.3) is 0 Å². The van der Waals surface area contributed by atoms with Crippen molar-refractivity contribution in [1.82, 2.24) is 15.6 Å². The smallest absolute Gasteiger partial charge is 0.423 e. The summed E-state index contributed by atoms with van der Waals surface area (Å²) in [6.45, 7) is 9.37. The largest absolute Gasteiger partial charge is 0.493 e. The standard InChI is InChI=1S/C15H26BN3O3/c1-14(2,20)15(3,4)22-16(21)11-6-5-7-19-13(11)12-10-17-8-9-18-12/h5-7,12,17-18,20-21H,8-10H2,1-4H3. The van der Waals surface area contributed by atoms with Gasteiger partial charge in [0.2, 0.25) is 0 Å². The lowest BCUT2D eigenvalue weighted by atomic mass is 9.74. The maximum Gasteiger partial charge on any atom is 0.493 e. The highest BCUT2D eigenvalue weighted by Gasteiger charge is 2.40. The van der Waals surface area contributed by atoms with Gasteiger partial charge >= 0.3 is 7.12 Å². The molecule has 0 aromatic carbocycles. The van der Waals surface area contributed by atoms with Gasteiger partial charge in [0.25, 0.3) is 0 Å². The quantitative estimate of drug-likeness (QED) is 0.552. The van der Waals surface area contributed by atoms with Crippen LogP contribution >= 0.6 is 0 Å². The Kier molecular flexibility index (Phi) is 5.24. The third-order valence-electron chi connectivity index (χ3n) is 4.39. The molecular weight excluding hydrogens is 281 g/mol. The normalized spacial score (nSPS) is 20.0. The number of pyridine rings is 1. The predicted molar refractivity (Wildman–Crippen MR) is 86.9 cm³/mol. The molecule has 0 saturated carbocycles. The first-order chi connectivity index (χ1) is 10.2. The molecule has 0 aliphatic carbocycles. The van der Waals surface area contributed by atoms with Gasteiger partial charge in [0.1, 0.15) is 0 Å². The van der Waals surface area contributed by atoms with Crippen molar-refractivity contribution < 1.29 is 14.8 Å². The van der Waals surface area contributed by atoms with Gasteiger partial charge in [-0.2, -0.15) is 0 Å². The molecule has 1 saturated heterocycles. The Morgan fingerprint density at radius 3 is 2.64 bits per heavy atom. The number of nitrogens with one attached hydrogen (secondary N) is 2. The van der Waals surface area contributed by atoms with Gasteiger partial charge in [-0.15, -0.1) is 0 Å². The van der Waals surface area contributed by atoms with Gasteiger partial charge in [0.15, 0.2) is 0 Å². The molecule has 0 radical (unpaired) electrons. The molecule has 0 amide bonds. The first kappa shape index (κ1) is 17.4.